The molecule has 0 spiro atoms. The first-order chi connectivity index (χ1) is 12.7. The van der Waals surface area contributed by atoms with E-state index < -0.39 is 10.0 Å². The zero-order chi connectivity index (χ0) is 19.8. The molecule has 3 rings (SSSR count). The van der Waals surface area contributed by atoms with Crippen molar-refractivity contribution in [3.8, 4) is 0 Å². The fourth-order valence-electron chi connectivity index (χ4n) is 4.52. The summed E-state index contributed by atoms with van der Waals surface area (Å²) < 4.78 is 34.4. The number of sulfonamides is 1. The van der Waals surface area contributed by atoms with Crippen molar-refractivity contribution in [2.45, 2.75) is 64.9 Å². The number of quaternary nitrogens is 1. The fourth-order valence-corrected chi connectivity index (χ4v) is 6.52. The average molecular weight is 396 g/mol. The first-order valence-corrected chi connectivity index (χ1v) is 11.7. The van der Waals surface area contributed by atoms with Crippen molar-refractivity contribution in [3.05, 3.63) is 27.8 Å². The Morgan fingerprint density at radius 2 is 1.48 bits per heavy atom. The minimum absolute atomic E-state index is 0.351. The van der Waals surface area contributed by atoms with Crippen molar-refractivity contribution in [2.75, 3.05) is 39.3 Å². The molecule has 5 nitrogen and oxygen atoms in total. The van der Waals surface area contributed by atoms with Crippen LogP contribution < -0.4 is 4.90 Å². The number of piperazine rings is 1. The third-order valence-electron chi connectivity index (χ3n) is 6.75. The summed E-state index contributed by atoms with van der Waals surface area (Å²) in [5.74, 6) is 0. The van der Waals surface area contributed by atoms with Gasteiger partial charge in [0.05, 0.1) is 31.1 Å². The summed E-state index contributed by atoms with van der Waals surface area (Å²) in [4.78, 5) is 2.00. The number of ether oxygens (including phenoxy) is 1. The highest BCUT2D eigenvalue weighted by molar-refractivity contribution is 7.89. The lowest BCUT2D eigenvalue weighted by atomic mass is 9.95. The zero-order valence-corrected chi connectivity index (χ0v) is 18.3. The van der Waals surface area contributed by atoms with E-state index in [-0.39, 0.29) is 0 Å². The van der Waals surface area contributed by atoms with Gasteiger partial charge in [0.2, 0.25) is 10.0 Å². The van der Waals surface area contributed by atoms with Crippen LogP contribution >= 0.6 is 0 Å². The van der Waals surface area contributed by atoms with Crippen LogP contribution in [0.15, 0.2) is 4.90 Å². The first-order valence-electron chi connectivity index (χ1n) is 10.3. The van der Waals surface area contributed by atoms with Gasteiger partial charge in [-0.25, -0.2) is 8.42 Å². The van der Waals surface area contributed by atoms with Gasteiger partial charge in [-0.15, -0.1) is 0 Å². The lowest BCUT2D eigenvalue weighted by molar-refractivity contribution is -0.907. The van der Waals surface area contributed by atoms with Crippen LogP contribution in [0.3, 0.4) is 0 Å². The van der Waals surface area contributed by atoms with Gasteiger partial charge in [-0.05, 0) is 81.7 Å². The van der Waals surface area contributed by atoms with Crippen molar-refractivity contribution in [1.29, 1.82) is 0 Å². The highest BCUT2D eigenvalue weighted by atomic mass is 32.2. The van der Waals surface area contributed by atoms with Crippen molar-refractivity contribution >= 4 is 10.0 Å². The maximum atomic E-state index is 13.4. The quantitative estimate of drug-likeness (QED) is 0.844. The predicted octanol–water partition coefficient (Wildman–Crippen LogP) is 1.69. The van der Waals surface area contributed by atoms with Crippen LogP contribution in [-0.2, 0) is 14.8 Å². The Hall–Kier alpha value is -0.950. The third kappa shape index (κ3) is 4.09. The summed E-state index contributed by atoms with van der Waals surface area (Å²) >= 11 is 0. The molecule has 2 saturated heterocycles. The summed E-state index contributed by atoms with van der Waals surface area (Å²) in [7, 11) is -3.45. The molecule has 2 heterocycles. The molecule has 0 unspecified atom stereocenters. The van der Waals surface area contributed by atoms with E-state index in [1.165, 1.54) is 23.3 Å². The first kappa shape index (κ1) is 20.8. The lowest BCUT2D eigenvalue weighted by Gasteiger charge is -2.34. The summed E-state index contributed by atoms with van der Waals surface area (Å²) in [6.07, 6.45) is 3.92. The maximum Gasteiger partial charge on any atom is 0.244 e. The largest absolute Gasteiger partial charge is 0.372 e. The van der Waals surface area contributed by atoms with Gasteiger partial charge < -0.3 is 9.64 Å². The van der Waals surface area contributed by atoms with Gasteiger partial charge >= 0.3 is 0 Å². The molecule has 0 aromatic heterocycles. The SMILES string of the molecule is Cc1c(C)c(C)c(S(=O)(=O)N2CC[NH+](C[C@@H]3CCCCO3)CC2)c(C)c1C. The van der Waals surface area contributed by atoms with Crippen molar-refractivity contribution < 1.29 is 18.1 Å². The van der Waals surface area contributed by atoms with Gasteiger partial charge in [0.1, 0.15) is 12.6 Å². The van der Waals surface area contributed by atoms with Crippen LogP contribution in [0.1, 0.15) is 47.1 Å². The molecular weight excluding hydrogens is 360 g/mol. The molecule has 1 atom stereocenters. The Balaban J connectivity index is 1.74. The van der Waals surface area contributed by atoms with Crippen LogP contribution in [-0.4, -0.2) is 58.2 Å². The third-order valence-corrected chi connectivity index (χ3v) is 8.92. The smallest absolute Gasteiger partial charge is 0.244 e. The van der Waals surface area contributed by atoms with Crippen LogP contribution in [0.4, 0.5) is 0 Å². The average Bonchev–Trinajstić information content (AvgIpc) is 2.66. The van der Waals surface area contributed by atoms with Crippen molar-refractivity contribution in [3.63, 3.8) is 0 Å². The molecule has 0 amide bonds. The Labute approximate surface area is 164 Å². The Kier molecular flexibility index (Phi) is 6.31. The molecule has 2 aliphatic rings. The molecule has 0 bridgehead atoms. The van der Waals surface area contributed by atoms with E-state index >= 15 is 0 Å². The second kappa shape index (κ2) is 8.19. The standard InChI is InChI=1S/C21H34N2O3S/c1-15-16(2)18(4)21(19(5)17(15)3)27(24,25)23-11-9-22(10-12-23)14-20-8-6-7-13-26-20/h20H,6-14H2,1-5H3/p+1/t20-/m0/s1. The number of rotatable bonds is 4. The monoisotopic (exact) mass is 395 g/mol. The molecule has 152 valence electrons. The minimum Gasteiger partial charge on any atom is -0.372 e. The molecule has 2 aliphatic heterocycles. The Morgan fingerprint density at radius 3 is 2.00 bits per heavy atom. The molecular formula is C21H35N2O3S+. The van der Waals surface area contributed by atoms with Crippen LogP contribution in [0.5, 0.6) is 0 Å². The molecule has 2 fully saturated rings. The highest BCUT2D eigenvalue weighted by Gasteiger charge is 2.34. The van der Waals surface area contributed by atoms with Crippen LogP contribution in [0.2, 0.25) is 0 Å². The summed E-state index contributed by atoms with van der Waals surface area (Å²) in [6.45, 7) is 14.8. The van der Waals surface area contributed by atoms with Gasteiger partial charge in [0.15, 0.2) is 0 Å². The molecule has 6 heteroatoms. The van der Waals surface area contributed by atoms with E-state index in [9.17, 15) is 8.42 Å². The van der Waals surface area contributed by atoms with E-state index in [0.717, 1.165) is 54.9 Å². The Bertz CT molecular complexity index is 761. The minimum atomic E-state index is -3.45. The van der Waals surface area contributed by atoms with E-state index in [0.29, 0.717) is 24.1 Å². The summed E-state index contributed by atoms with van der Waals surface area (Å²) in [6, 6.07) is 0. The van der Waals surface area contributed by atoms with Crippen LogP contribution in [0, 0.1) is 34.6 Å². The van der Waals surface area contributed by atoms with Gasteiger partial charge in [0.25, 0.3) is 0 Å². The zero-order valence-electron chi connectivity index (χ0n) is 17.5. The molecule has 0 radical (unpaired) electrons. The summed E-state index contributed by atoms with van der Waals surface area (Å²) in [5.41, 5.74) is 5.19. The number of nitrogens with zero attached hydrogens (tertiary/aromatic N) is 1. The molecule has 1 N–H and O–H groups in total. The molecule has 0 saturated carbocycles. The predicted molar refractivity (Wildman–Crippen MR) is 108 cm³/mol. The normalized spacial score (nSPS) is 22.9. The van der Waals surface area contributed by atoms with E-state index in [1.54, 1.807) is 4.31 Å². The molecule has 1 aromatic carbocycles. The molecule has 0 aliphatic carbocycles. The second-order valence-corrected chi connectivity index (χ2v) is 10.2. The van der Waals surface area contributed by atoms with E-state index in [2.05, 4.69) is 6.92 Å². The molecule has 27 heavy (non-hydrogen) atoms. The number of nitrogens with one attached hydrogen (secondary N) is 1. The van der Waals surface area contributed by atoms with E-state index in [4.69, 9.17) is 4.74 Å². The van der Waals surface area contributed by atoms with Gasteiger partial charge in [0, 0.05) is 6.61 Å². The van der Waals surface area contributed by atoms with Crippen molar-refractivity contribution in [2.24, 2.45) is 0 Å². The lowest BCUT2D eigenvalue weighted by Crippen LogP contribution is -3.15. The number of hydrogen-bond acceptors (Lipinski definition) is 3. The van der Waals surface area contributed by atoms with Crippen molar-refractivity contribution in [1.82, 2.24) is 4.31 Å². The number of benzene rings is 1. The van der Waals surface area contributed by atoms with Crippen LogP contribution in [0.25, 0.3) is 0 Å². The van der Waals surface area contributed by atoms with Gasteiger partial charge in [-0.2, -0.15) is 4.31 Å². The van der Waals surface area contributed by atoms with E-state index in [1.807, 2.05) is 27.7 Å². The van der Waals surface area contributed by atoms with Gasteiger partial charge in [-0.3, -0.25) is 0 Å². The second-order valence-electron chi connectivity index (χ2n) is 8.30. The fraction of sp³-hybridized carbons (Fsp3) is 0.714. The van der Waals surface area contributed by atoms with Gasteiger partial charge in [-0.1, -0.05) is 0 Å². The molecule has 1 aromatic rings. The Morgan fingerprint density at radius 1 is 0.926 bits per heavy atom. The topological polar surface area (TPSA) is 51.0 Å². The number of hydrogen-bond donors (Lipinski definition) is 1. The highest BCUT2D eigenvalue weighted by Crippen LogP contribution is 2.31. The summed E-state index contributed by atoms with van der Waals surface area (Å²) in [5, 5.41) is 0. The maximum absolute atomic E-state index is 13.4.